The molecular weight excluding hydrogens is 224 g/mol. The number of carbonyl (C=O) groups is 1. The van der Waals surface area contributed by atoms with Gasteiger partial charge < -0.3 is 10.2 Å². The van der Waals surface area contributed by atoms with Crippen LogP contribution in [0.1, 0.15) is 5.56 Å². The predicted octanol–water partition coefficient (Wildman–Crippen LogP) is 1.86. The molecular formula is C12H15ClN2O. The highest BCUT2D eigenvalue weighted by molar-refractivity contribution is 6.62. The first-order chi connectivity index (χ1) is 7.77. The standard InChI is InChI=1S/C12H15ClN2O/c13-12(16)15-7-6-14-9-11(15)8-10-4-2-1-3-5-10/h1-5,11,14H,6-9H2. The summed E-state index contributed by atoms with van der Waals surface area (Å²) in [4.78, 5) is 13.0. The number of carbonyl (C=O) groups excluding carboxylic acids is 1. The molecule has 1 N–H and O–H groups in total. The van der Waals surface area contributed by atoms with Crippen LogP contribution in [0.3, 0.4) is 0 Å². The Morgan fingerprint density at radius 3 is 2.88 bits per heavy atom. The van der Waals surface area contributed by atoms with Crippen LogP contribution in [0.5, 0.6) is 0 Å². The van der Waals surface area contributed by atoms with Gasteiger partial charge in [0.1, 0.15) is 0 Å². The van der Waals surface area contributed by atoms with Gasteiger partial charge in [0, 0.05) is 25.7 Å². The number of nitrogens with zero attached hydrogens (tertiary/aromatic N) is 1. The molecule has 0 bridgehead atoms. The molecule has 0 spiro atoms. The Kier molecular flexibility index (Phi) is 3.80. The van der Waals surface area contributed by atoms with Crippen LogP contribution < -0.4 is 5.32 Å². The number of hydrogen-bond acceptors (Lipinski definition) is 2. The van der Waals surface area contributed by atoms with E-state index < -0.39 is 0 Å². The van der Waals surface area contributed by atoms with E-state index in [0.717, 1.165) is 19.5 Å². The second-order valence-corrected chi connectivity index (χ2v) is 4.32. The Hall–Kier alpha value is -1.06. The molecule has 0 aliphatic carbocycles. The SMILES string of the molecule is O=C(Cl)N1CCNCC1Cc1ccccc1. The fourth-order valence-electron chi connectivity index (χ4n) is 2.06. The quantitative estimate of drug-likeness (QED) is 0.630. The maximum atomic E-state index is 11.3. The molecule has 86 valence electrons. The molecule has 0 aromatic heterocycles. The summed E-state index contributed by atoms with van der Waals surface area (Å²) in [6, 6.07) is 10.3. The van der Waals surface area contributed by atoms with Gasteiger partial charge in [-0.25, -0.2) is 0 Å². The van der Waals surface area contributed by atoms with Gasteiger partial charge in [-0.3, -0.25) is 4.79 Å². The molecule has 1 fully saturated rings. The van der Waals surface area contributed by atoms with E-state index >= 15 is 0 Å². The zero-order chi connectivity index (χ0) is 11.4. The average molecular weight is 239 g/mol. The largest absolute Gasteiger partial charge is 0.323 e. The predicted molar refractivity (Wildman–Crippen MR) is 64.8 cm³/mol. The first-order valence-electron chi connectivity index (χ1n) is 5.48. The lowest BCUT2D eigenvalue weighted by Gasteiger charge is -2.34. The van der Waals surface area contributed by atoms with Gasteiger partial charge in [0.15, 0.2) is 0 Å². The van der Waals surface area contributed by atoms with E-state index in [4.69, 9.17) is 11.6 Å². The van der Waals surface area contributed by atoms with Crippen LogP contribution in [-0.2, 0) is 6.42 Å². The summed E-state index contributed by atoms with van der Waals surface area (Å²) < 4.78 is 0. The van der Waals surface area contributed by atoms with E-state index in [0.29, 0.717) is 6.54 Å². The van der Waals surface area contributed by atoms with Gasteiger partial charge in [-0.1, -0.05) is 30.3 Å². The van der Waals surface area contributed by atoms with E-state index in [2.05, 4.69) is 17.4 Å². The van der Waals surface area contributed by atoms with Crippen molar-refractivity contribution in [1.29, 1.82) is 0 Å². The molecule has 1 heterocycles. The Balaban J connectivity index is 2.04. The smallest absolute Gasteiger partial charge is 0.316 e. The summed E-state index contributed by atoms with van der Waals surface area (Å²) in [6.07, 6.45) is 0.853. The molecule has 1 aromatic rings. The fourth-order valence-corrected chi connectivity index (χ4v) is 2.28. The molecule has 1 unspecified atom stereocenters. The molecule has 2 rings (SSSR count). The Labute approximate surface area is 100 Å². The molecule has 1 aliphatic heterocycles. The van der Waals surface area contributed by atoms with Gasteiger partial charge in [-0.2, -0.15) is 0 Å². The van der Waals surface area contributed by atoms with Crippen LogP contribution in [0.25, 0.3) is 0 Å². The van der Waals surface area contributed by atoms with Crippen molar-refractivity contribution in [1.82, 2.24) is 10.2 Å². The van der Waals surface area contributed by atoms with Crippen molar-refractivity contribution in [2.24, 2.45) is 0 Å². The summed E-state index contributed by atoms with van der Waals surface area (Å²) >= 11 is 5.58. The normalized spacial score (nSPS) is 20.8. The monoisotopic (exact) mass is 238 g/mol. The fraction of sp³-hybridized carbons (Fsp3) is 0.417. The second kappa shape index (κ2) is 5.32. The summed E-state index contributed by atoms with van der Waals surface area (Å²) in [5, 5.41) is 2.94. The van der Waals surface area contributed by atoms with Gasteiger partial charge >= 0.3 is 5.37 Å². The Bertz CT molecular complexity index is 355. The van der Waals surface area contributed by atoms with E-state index in [1.54, 1.807) is 4.90 Å². The van der Waals surface area contributed by atoms with Crippen LogP contribution >= 0.6 is 11.6 Å². The maximum absolute atomic E-state index is 11.3. The molecule has 1 aliphatic rings. The number of halogens is 1. The minimum Gasteiger partial charge on any atom is -0.323 e. The lowest BCUT2D eigenvalue weighted by Crippen LogP contribution is -2.53. The molecule has 0 saturated carbocycles. The minimum atomic E-state index is -0.345. The van der Waals surface area contributed by atoms with Crippen LogP contribution in [0.4, 0.5) is 4.79 Å². The van der Waals surface area contributed by atoms with Crippen molar-refractivity contribution < 1.29 is 4.79 Å². The Morgan fingerprint density at radius 1 is 1.44 bits per heavy atom. The molecule has 3 nitrogen and oxygen atoms in total. The summed E-state index contributed by atoms with van der Waals surface area (Å²) in [5.74, 6) is 0. The zero-order valence-electron chi connectivity index (χ0n) is 9.03. The van der Waals surface area contributed by atoms with Crippen LogP contribution in [-0.4, -0.2) is 35.9 Å². The number of hydrogen-bond donors (Lipinski definition) is 1. The molecule has 4 heteroatoms. The minimum absolute atomic E-state index is 0.168. The van der Waals surface area contributed by atoms with Gasteiger partial charge in [-0.15, -0.1) is 0 Å². The maximum Gasteiger partial charge on any atom is 0.316 e. The van der Waals surface area contributed by atoms with Crippen LogP contribution in [0.15, 0.2) is 30.3 Å². The number of nitrogens with one attached hydrogen (secondary N) is 1. The highest BCUT2D eigenvalue weighted by Gasteiger charge is 2.25. The van der Waals surface area contributed by atoms with E-state index in [1.807, 2.05) is 18.2 Å². The third kappa shape index (κ3) is 2.74. The summed E-state index contributed by atoms with van der Waals surface area (Å²) in [6.45, 7) is 2.33. The van der Waals surface area contributed by atoms with Gasteiger partial charge in [-0.05, 0) is 23.6 Å². The third-order valence-corrected chi connectivity index (χ3v) is 3.11. The average Bonchev–Trinajstić information content (AvgIpc) is 2.31. The van der Waals surface area contributed by atoms with Crippen molar-refractivity contribution in [3.8, 4) is 0 Å². The van der Waals surface area contributed by atoms with E-state index in [1.165, 1.54) is 5.56 Å². The number of benzene rings is 1. The lowest BCUT2D eigenvalue weighted by atomic mass is 10.0. The number of piperazine rings is 1. The zero-order valence-corrected chi connectivity index (χ0v) is 9.78. The van der Waals surface area contributed by atoms with Gasteiger partial charge in [0.2, 0.25) is 0 Å². The molecule has 0 radical (unpaired) electrons. The Morgan fingerprint density at radius 2 is 2.19 bits per heavy atom. The number of rotatable bonds is 2. The molecule has 16 heavy (non-hydrogen) atoms. The van der Waals surface area contributed by atoms with Gasteiger partial charge in [0.25, 0.3) is 0 Å². The van der Waals surface area contributed by atoms with Crippen molar-refractivity contribution in [3.63, 3.8) is 0 Å². The van der Waals surface area contributed by atoms with Crippen LogP contribution in [0.2, 0.25) is 0 Å². The highest BCUT2D eigenvalue weighted by Crippen LogP contribution is 2.12. The summed E-state index contributed by atoms with van der Waals surface area (Å²) in [5.41, 5.74) is 1.24. The van der Waals surface area contributed by atoms with Crippen molar-refractivity contribution in [3.05, 3.63) is 35.9 Å². The van der Waals surface area contributed by atoms with Crippen molar-refractivity contribution >= 4 is 17.0 Å². The molecule has 1 saturated heterocycles. The van der Waals surface area contributed by atoms with Crippen LogP contribution in [0, 0.1) is 0 Å². The highest BCUT2D eigenvalue weighted by atomic mass is 35.5. The van der Waals surface area contributed by atoms with Gasteiger partial charge in [0.05, 0.1) is 0 Å². The van der Waals surface area contributed by atoms with Crippen molar-refractivity contribution in [2.75, 3.05) is 19.6 Å². The van der Waals surface area contributed by atoms with Crippen molar-refractivity contribution in [2.45, 2.75) is 12.5 Å². The van der Waals surface area contributed by atoms with E-state index in [-0.39, 0.29) is 11.4 Å². The second-order valence-electron chi connectivity index (χ2n) is 3.99. The summed E-state index contributed by atoms with van der Waals surface area (Å²) in [7, 11) is 0. The third-order valence-electron chi connectivity index (χ3n) is 2.89. The molecule has 1 atom stereocenters. The first kappa shape index (κ1) is 11.4. The van der Waals surface area contributed by atoms with E-state index in [9.17, 15) is 4.79 Å². The molecule has 1 amide bonds. The topological polar surface area (TPSA) is 32.3 Å². The number of amides is 1. The first-order valence-corrected chi connectivity index (χ1v) is 5.86. The lowest BCUT2D eigenvalue weighted by molar-refractivity contribution is 0.179. The molecule has 1 aromatic carbocycles.